The molecule has 7 nitrogen and oxygen atoms in total. The van der Waals surface area contributed by atoms with Crippen molar-refractivity contribution in [2.75, 3.05) is 5.73 Å². The van der Waals surface area contributed by atoms with Crippen molar-refractivity contribution in [1.82, 2.24) is 20.2 Å². The van der Waals surface area contributed by atoms with E-state index in [-0.39, 0.29) is 12.3 Å². The van der Waals surface area contributed by atoms with E-state index in [0.29, 0.717) is 11.7 Å². The third-order valence-electron chi connectivity index (χ3n) is 2.86. The lowest BCUT2D eigenvalue weighted by molar-refractivity contribution is -0.120. The fourth-order valence-electron chi connectivity index (χ4n) is 1.69. The van der Waals surface area contributed by atoms with Gasteiger partial charge in [-0.3, -0.25) is 14.8 Å². The molecule has 0 unspecified atom stereocenters. The van der Waals surface area contributed by atoms with Gasteiger partial charge < -0.3 is 5.73 Å². The quantitative estimate of drug-likeness (QED) is 0.314. The number of amides is 1. The minimum atomic E-state index is -0.217. The average Bonchev–Trinajstić information content (AvgIpc) is 2.78. The lowest BCUT2D eigenvalue weighted by atomic mass is 10.1. The summed E-state index contributed by atoms with van der Waals surface area (Å²) >= 11 is 1.52. The number of benzene rings is 1. The number of anilines is 1. The second-order valence-corrected chi connectivity index (χ2v) is 5.14. The van der Waals surface area contributed by atoms with E-state index in [0.717, 1.165) is 16.3 Å². The molecule has 1 aromatic carbocycles. The van der Waals surface area contributed by atoms with Crippen LogP contribution in [0, 0.1) is 0 Å². The van der Waals surface area contributed by atoms with E-state index in [4.69, 9.17) is 11.6 Å². The predicted molar refractivity (Wildman–Crippen MR) is 77.5 cm³/mol. The molecule has 0 fully saturated rings. The van der Waals surface area contributed by atoms with Crippen LogP contribution in [0.3, 0.4) is 0 Å². The van der Waals surface area contributed by atoms with Crippen LogP contribution in [-0.2, 0) is 24.0 Å². The van der Waals surface area contributed by atoms with Crippen LogP contribution >= 0.6 is 11.8 Å². The van der Waals surface area contributed by atoms with Crippen molar-refractivity contribution in [2.24, 2.45) is 12.9 Å². The van der Waals surface area contributed by atoms with Crippen LogP contribution in [0.25, 0.3) is 0 Å². The first-order valence-corrected chi connectivity index (χ1v) is 6.94. The van der Waals surface area contributed by atoms with Crippen molar-refractivity contribution in [3.05, 3.63) is 35.4 Å². The molecule has 0 spiro atoms. The summed E-state index contributed by atoms with van der Waals surface area (Å²) in [6.45, 7) is 0. The summed E-state index contributed by atoms with van der Waals surface area (Å²) in [5.41, 5.74) is 9.77. The predicted octanol–water partition coefficient (Wildman–Crippen LogP) is 0.222. The van der Waals surface area contributed by atoms with E-state index < -0.39 is 0 Å². The summed E-state index contributed by atoms with van der Waals surface area (Å²) in [5.74, 6) is 5.96. The highest BCUT2D eigenvalue weighted by Crippen LogP contribution is 2.23. The van der Waals surface area contributed by atoms with Gasteiger partial charge in [-0.1, -0.05) is 36.0 Å². The van der Waals surface area contributed by atoms with Crippen LogP contribution in [-0.4, -0.2) is 20.7 Å². The normalized spacial score (nSPS) is 10.5. The maximum atomic E-state index is 11.4. The number of hydrogen-bond acceptors (Lipinski definition) is 6. The van der Waals surface area contributed by atoms with Crippen LogP contribution in [0.4, 0.5) is 5.95 Å². The maximum absolute atomic E-state index is 11.4. The Hall–Kier alpha value is -2.06. The summed E-state index contributed by atoms with van der Waals surface area (Å²) in [5, 5.41) is 8.53. The van der Waals surface area contributed by atoms with Crippen LogP contribution in [0.5, 0.6) is 0 Å². The molecule has 5 N–H and O–H groups in total. The molecule has 0 aliphatic rings. The van der Waals surface area contributed by atoms with Crippen molar-refractivity contribution in [3.8, 4) is 0 Å². The molecule has 1 amide bonds. The Morgan fingerprint density at radius 2 is 2.05 bits per heavy atom. The molecule has 106 valence electrons. The SMILES string of the molecule is Cn1c(N)nnc1SCc1ccccc1CC(=O)NN. The zero-order valence-electron chi connectivity index (χ0n) is 11.0. The van der Waals surface area contributed by atoms with E-state index in [1.165, 1.54) is 11.8 Å². The van der Waals surface area contributed by atoms with E-state index in [2.05, 4.69) is 15.6 Å². The Morgan fingerprint density at radius 3 is 2.65 bits per heavy atom. The largest absolute Gasteiger partial charge is 0.368 e. The van der Waals surface area contributed by atoms with E-state index in [1.54, 1.807) is 4.57 Å². The number of nitrogens with zero attached hydrogens (tertiary/aromatic N) is 3. The van der Waals surface area contributed by atoms with Gasteiger partial charge in [0.2, 0.25) is 11.9 Å². The zero-order valence-corrected chi connectivity index (χ0v) is 11.9. The molecule has 0 saturated heterocycles. The average molecular weight is 292 g/mol. The van der Waals surface area contributed by atoms with Crippen LogP contribution in [0.2, 0.25) is 0 Å². The molecule has 2 rings (SSSR count). The van der Waals surface area contributed by atoms with Crippen molar-refractivity contribution in [2.45, 2.75) is 17.3 Å². The van der Waals surface area contributed by atoms with Gasteiger partial charge in [-0.15, -0.1) is 10.2 Å². The molecule has 1 aromatic heterocycles. The molecule has 8 heteroatoms. The van der Waals surface area contributed by atoms with Gasteiger partial charge in [0.15, 0.2) is 5.16 Å². The van der Waals surface area contributed by atoms with Crippen LogP contribution < -0.4 is 17.0 Å². The number of hydrogen-bond donors (Lipinski definition) is 3. The van der Waals surface area contributed by atoms with Crippen molar-refractivity contribution in [1.29, 1.82) is 0 Å². The Bertz CT molecular complexity index is 612. The number of carbonyl (C=O) groups is 1. The van der Waals surface area contributed by atoms with Crippen molar-refractivity contribution < 1.29 is 4.79 Å². The Labute approximate surface area is 120 Å². The first-order valence-electron chi connectivity index (χ1n) is 5.95. The van der Waals surface area contributed by atoms with Gasteiger partial charge in [0.05, 0.1) is 6.42 Å². The number of thioether (sulfide) groups is 1. The molecule has 0 aliphatic carbocycles. The number of carbonyl (C=O) groups excluding carboxylic acids is 1. The van der Waals surface area contributed by atoms with E-state index in [9.17, 15) is 4.79 Å². The summed E-state index contributed by atoms with van der Waals surface area (Å²) in [4.78, 5) is 11.4. The number of rotatable bonds is 5. The Morgan fingerprint density at radius 1 is 1.35 bits per heavy atom. The molecule has 0 bridgehead atoms. The highest BCUT2D eigenvalue weighted by atomic mass is 32.2. The minimum absolute atomic E-state index is 0.217. The lowest BCUT2D eigenvalue weighted by Gasteiger charge is -2.08. The molecule has 20 heavy (non-hydrogen) atoms. The number of aromatic nitrogens is 3. The molecule has 0 atom stereocenters. The van der Waals surface area contributed by atoms with Gasteiger partial charge in [-0.05, 0) is 11.1 Å². The van der Waals surface area contributed by atoms with E-state index in [1.807, 2.05) is 31.3 Å². The van der Waals surface area contributed by atoms with Gasteiger partial charge in [-0.25, -0.2) is 5.84 Å². The second-order valence-electron chi connectivity index (χ2n) is 4.20. The molecule has 0 saturated carbocycles. The lowest BCUT2D eigenvalue weighted by Crippen LogP contribution is -2.31. The van der Waals surface area contributed by atoms with Crippen LogP contribution in [0.15, 0.2) is 29.4 Å². The highest BCUT2D eigenvalue weighted by Gasteiger charge is 2.10. The van der Waals surface area contributed by atoms with Gasteiger partial charge in [0.1, 0.15) is 0 Å². The van der Waals surface area contributed by atoms with E-state index >= 15 is 0 Å². The zero-order chi connectivity index (χ0) is 14.5. The van der Waals surface area contributed by atoms with Gasteiger partial charge in [-0.2, -0.15) is 0 Å². The minimum Gasteiger partial charge on any atom is -0.368 e. The summed E-state index contributed by atoms with van der Waals surface area (Å²) in [7, 11) is 1.81. The first-order chi connectivity index (χ1) is 9.61. The highest BCUT2D eigenvalue weighted by molar-refractivity contribution is 7.98. The standard InChI is InChI=1S/C12H16N6OS/c1-18-11(13)16-17-12(18)20-7-9-5-3-2-4-8(9)6-10(19)15-14/h2-5H,6-7,14H2,1H3,(H2,13,16)(H,15,19). The molecule has 0 radical (unpaired) electrons. The van der Waals surface area contributed by atoms with Crippen molar-refractivity contribution in [3.63, 3.8) is 0 Å². The fourth-order valence-corrected chi connectivity index (χ4v) is 2.64. The third kappa shape index (κ3) is 3.28. The smallest absolute Gasteiger partial charge is 0.238 e. The summed E-state index contributed by atoms with van der Waals surface area (Å²) in [6, 6.07) is 7.72. The molecule has 1 heterocycles. The van der Waals surface area contributed by atoms with Gasteiger partial charge in [0.25, 0.3) is 0 Å². The monoisotopic (exact) mass is 292 g/mol. The number of hydrazine groups is 1. The van der Waals surface area contributed by atoms with Crippen molar-refractivity contribution >= 4 is 23.6 Å². The second kappa shape index (κ2) is 6.40. The van der Waals surface area contributed by atoms with Gasteiger partial charge in [0, 0.05) is 12.8 Å². The Kier molecular flexibility index (Phi) is 4.59. The number of nitrogens with one attached hydrogen (secondary N) is 1. The summed E-state index contributed by atoms with van der Waals surface area (Å²) in [6.07, 6.45) is 0.258. The third-order valence-corrected chi connectivity index (χ3v) is 3.92. The Balaban J connectivity index is 2.09. The maximum Gasteiger partial charge on any atom is 0.238 e. The first kappa shape index (κ1) is 14.4. The van der Waals surface area contributed by atoms with Gasteiger partial charge >= 0.3 is 0 Å². The number of nitrogens with two attached hydrogens (primary N) is 2. The molecule has 0 aliphatic heterocycles. The van der Waals surface area contributed by atoms with Crippen LogP contribution in [0.1, 0.15) is 11.1 Å². The number of nitrogen functional groups attached to an aromatic ring is 1. The summed E-state index contributed by atoms with van der Waals surface area (Å²) < 4.78 is 1.72. The molecular weight excluding hydrogens is 276 g/mol. The topological polar surface area (TPSA) is 112 Å². The molecular formula is C12H16N6OS. The molecule has 2 aromatic rings. The fraction of sp³-hybridized carbons (Fsp3) is 0.250.